The van der Waals surface area contributed by atoms with Crippen molar-refractivity contribution in [3.63, 3.8) is 0 Å². The second kappa shape index (κ2) is 6.61. The van der Waals surface area contributed by atoms with E-state index in [0.29, 0.717) is 11.3 Å². The van der Waals surface area contributed by atoms with Gasteiger partial charge < -0.3 is 20.9 Å². The Bertz CT molecular complexity index is 446. The van der Waals surface area contributed by atoms with Gasteiger partial charge in [0.25, 0.3) is 5.91 Å². The molecule has 0 atom stereocenters. The van der Waals surface area contributed by atoms with Gasteiger partial charge in [-0.25, -0.2) is 4.79 Å². The fraction of sp³-hybridized carbons (Fsp3) is 0.333. The number of aliphatic carboxylic acids is 1. The number of benzene rings is 1. The van der Waals surface area contributed by atoms with Crippen LogP contribution >= 0.6 is 0 Å². The highest BCUT2D eigenvalue weighted by molar-refractivity contribution is 5.96. The van der Waals surface area contributed by atoms with E-state index in [0.717, 1.165) is 5.56 Å². The average Bonchev–Trinajstić information content (AvgIpc) is 2.31. The number of amides is 1. The Kier molecular flexibility index (Phi) is 5.13. The fourth-order valence-corrected chi connectivity index (χ4v) is 1.39. The third kappa shape index (κ3) is 4.06. The van der Waals surface area contributed by atoms with Gasteiger partial charge in [-0.1, -0.05) is 6.07 Å². The third-order valence-corrected chi connectivity index (χ3v) is 2.38. The van der Waals surface area contributed by atoms with Gasteiger partial charge in [-0.3, -0.25) is 4.79 Å². The second-order valence-electron chi connectivity index (χ2n) is 3.72. The first-order valence-corrected chi connectivity index (χ1v) is 5.45. The van der Waals surface area contributed by atoms with E-state index in [1.54, 1.807) is 25.1 Å². The molecule has 0 aliphatic rings. The largest absolute Gasteiger partial charge is 0.480 e. The molecule has 0 unspecified atom stereocenters. The lowest BCUT2D eigenvalue weighted by atomic mass is 10.1. The molecule has 18 heavy (non-hydrogen) atoms. The molecule has 4 N–H and O–H groups in total. The van der Waals surface area contributed by atoms with Crippen LogP contribution in [0, 0.1) is 6.92 Å². The van der Waals surface area contributed by atoms with Crippen molar-refractivity contribution in [3.05, 3.63) is 29.3 Å². The number of nitrogens with one attached hydrogen (secondary N) is 1. The van der Waals surface area contributed by atoms with Crippen LogP contribution in [0.3, 0.4) is 0 Å². The number of carbonyl (C=O) groups is 2. The number of ether oxygens (including phenoxy) is 1. The van der Waals surface area contributed by atoms with Crippen LogP contribution in [-0.4, -0.2) is 36.7 Å². The fourth-order valence-electron chi connectivity index (χ4n) is 1.39. The van der Waals surface area contributed by atoms with E-state index in [1.165, 1.54) is 0 Å². The number of anilines is 1. The van der Waals surface area contributed by atoms with E-state index in [2.05, 4.69) is 5.32 Å². The summed E-state index contributed by atoms with van der Waals surface area (Å²) in [5.41, 5.74) is 7.49. The molecule has 0 aliphatic carbocycles. The molecule has 0 aliphatic heterocycles. The summed E-state index contributed by atoms with van der Waals surface area (Å²) in [4.78, 5) is 21.9. The zero-order valence-electron chi connectivity index (χ0n) is 10.1. The topological polar surface area (TPSA) is 102 Å². The minimum Gasteiger partial charge on any atom is -0.480 e. The first-order chi connectivity index (χ1) is 8.52. The lowest BCUT2D eigenvalue weighted by molar-refractivity contribution is -0.142. The Hall–Kier alpha value is -2.08. The lowest BCUT2D eigenvalue weighted by Gasteiger charge is -2.09. The molecule has 0 bridgehead atoms. The van der Waals surface area contributed by atoms with Crippen LogP contribution < -0.4 is 11.1 Å². The first kappa shape index (κ1) is 14.0. The zero-order chi connectivity index (χ0) is 13.5. The predicted octanol–water partition coefficient (Wildman–Crippen LogP) is 0.408. The molecule has 98 valence electrons. The maximum Gasteiger partial charge on any atom is 0.329 e. The Morgan fingerprint density at radius 2 is 2.17 bits per heavy atom. The lowest BCUT2D eigenvalue weighted by Crippen LogP contribution is -2.28. The van der Waals surface area contributed by atoms with Crippen LogP contribution in [0.15, 0.2) is 18.2 Å². The summed E-state index contributed by atoms with van der Waals surface area (Å²) in [5, 5.41) is 11.0. The SMILES string of the molecule is Cc1c(N)cccc1C(=O)NCCOCC(=O)O. The molecular formula is C12H16N2O4. The molecule has 0 aromatic heterocycles. The summed E-state index contributed by atoms with van der Waals surface area (Å²) >= 11 is 0. The monoisotopic (exact) mass is 252 g/mol. The molecule has 1 aromatic rings. The van der Waals surface area contributed by atoms with Crippen molar-refractivity contribution in [2.24, 2.45) is 0 Å². The molecule has 1 amide bonds. The van der Waals surface area contributed by atoms with E-state index < -0.39 is 5.97 Å². The predicted molar refractivity (Wildman–Crippen MR) is 66.4 cm³/mol. The van der Waals surface area contributed by atoms with Crippen LogP contribution in [0.2, 0.25) is 0 Å². The van der Waals surface area contributed by atoms with Crippen molar-refractivity contribution in [2.75, 3.05) is 25.5 Å². The highest BCUT2D eigenvalue weighted by Crippen LogP contribution is 2.14. The van der Waals surface area contributed by atoms with E-state index in [1.807, 2.05) is 0 Å². The smallest absolute Gasteiger partial charge is 0.329 e. The summed E-state index contributed by atoms with van der Waals surface area (Å²) in [7, 11) is 0. The maximum atomic E-state index is 11.8. The number of nitrogens with two attached hydrogens (primary N) is 1. The Morgan fingerprint density at radius 3 is 2.83 bits per heavy atom. The van der Waals surface area contributed by atoms with Crippen LogP contribution in [0.5, 0.6) is 0 Å². The minimum absolute atomic E-state index is 0.152. The number of carboxylic acid groups (broad SMARTS) is 1. The van der Waals surface area contributed by atoms with Crippen molar-refractivity contribution >= 4 is 17.6 Å². The quantitative estimate of drug-likeness (QED) is 0.502. The summed E-state index contributed by atoms with van der Waals surface area (Å²) in [5.74, 6) is -1.29. The molecule has 0 heterocycles. The molecule has 6 nitrogen and oxygen atoms in total. The van der Waals surface area contributed by atoms with Gasteiger partial charge >= 0.3 is 5.97 Å². The number of hydrogen-bond acceptors (Lipinski definition) is 4. The van der Waals surface area contributed by atoms with Gasteiger partial charge in [0.15, 0.2) is 0 Å². The number of rotatable bonds is 6. The molecule has 1 rings (SSSR count). The Balaban J connectivity index is 2.41. The average molecular weight is 252 g/mol. The highest BCUT2D eigenvalue weighted by Gasteiger charge is 2.09. The Labute approximate surface area is 105 Å². The number of hydrogen-bond donors (Lipinski definition) is 3. The highest BCUT2D eigenvalue weighted by atomic mass is 16.5. The molecule has 0 radical (unpaired) electrons. The molecule has 1 aromatic carbocycles. The standard InChI is InChI=1S/C12H16N2O4/c1-8-9(3-2-4-10(8)13)12(17)14-5-6-18-7-11(15)16/h2-4H,5-7,13H2,1H3,(H,14,17)(H,15,16). The summed E-state index contributed by atoms with van der Waals surface area (Å²) < 4.78 is 4.80. The van der Waals surface area contributed by atoms with Crippen molar-refractivity contribution in [1.82, 2.24) is 5.32 Å². The van der Waals surface area contributed by atoms with Crippen molar-refractivity contribution in [2.45, 2.75) is 6.92 Å². The van der Waals surface area contributed by atoms with Gasteiger partial charge in [0, 0.05) is 17.8 Å². The van der Waals surface area contributed by atoms with E-state index in [9.17, 15) is 9.59 Å². The summed E-state index contributed by atoms with van der Waals surface area (Å²) in [6, 6.07) is 5.11. The van der Waals surface area contributed by atoms with Gasteiger partial charge in [0.2, 0.25) is 0 Å². The van der Waals surface area contributed by atoms with Crippen LogP contribution in [-0.2, 0) is 9.53 Å². The number of carboxylic acids is 1. The molecule has 0 spiro atoms. The Morgan fingerprint density at radius 1 is 1.44 bits per heavy atom. The van der Waals surface area contributed by atoms with E-state index in [4.69, 9.17) is 15.6 Å². The minimum atomic E-state index is -1.03. The van der Waals surface area contributed by atoms with Crippen molar-refractivity contribution < 1.29 is 19.4 Å². The third-order valence-electron chi connectivity index (χ3n) is 2.38. The zero-order valence-corrected chi connectivity index (χ0v) is 10.1. The van der Waals surface area contributed by atoms with E-state index >= 15 is 0 Å². The van der Waals surface area contributed by atoms with Crippen LogP contribution in [0.25, 0.3) is 0 Å². The van der Waals surface area contributed by atoms with Crippen molar-refractivity contribution in [1.29, 1.82) is 0 Å². The number of nitrogen functional groups attached to an aromatic ring is 1. The second-order valence-corrected chi connectivity index (χ2v) is 3.72. The van der Waals surface area contributed by atoms with Crippen molar-refractivity contribution in [3.8, 4) is 0 Å². The molecule has 0 saturated carbocycles. The molecule has 0 saturated heterocycles. The molecule has 6 heteroatoms. The van der Waals surface area contributed by atoms with Gasteiger partial charge in [0.1, 0.15) is 6.61 Å². The maximum absolute atomic E-state index is 11.8. The first-order valence-electron chi connectivity index (χ1n) is 5.45. The number of carbonyl (C=O) groups excluding carboxylic acids is 1. The van der Waals surface area contributed by atoms with Gasteiger partial charge in [-0.05, 0) is 24.6 Å². The van der Waals surface area contributed by atoms with Gasteiger partial charge in [-0.2, -0.15) is 0 Å². The van der Waals surface area contributed by atoms with Crippen LogP contribution in [0.1, 0.15) is 15.9 Å². The molecule has 0 fully saturated rings. The van der Waals surface area contributed by atoms with Gasteiger partial charge in [-0.15, -0.1) is 0 Å². The summed E-state index contributed by atoms with van der Waals surface area (Å²) in [6.07, 6.45) is 0. The molecular weight excluding hydrogens is 236 g/mol. The van der Waals surface area contributed by atoms with E-state index in [-0.39, 0.29) is 25.7 Å². The van der Waals surface area contributed by atoms with Crippen LogP contribution in [0.4, 0.5) is 5.69 Å². The van der Waals surface area contributed by atoms with Gasteiger partial charge in [0.05, 0.1) is 6.61 Å². The summed E-state index contributed by atoms with van der Waals surface area (Å²) in [6.45, 7) is 1.80. The normalized spacial score (nSPS) is 10.1.